The molecule has 0 aliphatic carbocycles. The summed E-state index contributed by atoms with van der Waals surface area (Å²) < 4.78 is 4.88. The number of primary amides is 1. The van der Waals surface area contributed by atoms with Crippen LogP contribution in [0.15, 0.2) is 24.3 Å². The van der Waals surface area contributed by atoms with Crippen molar-refractivity contribution in [3.05, 3.63) is 29.8 Å². The van der Waals surface area contributed by atoms with Gasteiger partial charge in [0.05, 0.1) is 5.56 Å². The monoisotopic (exact) mass is 287 g/mol. The molecule has 0 bridgehead atoms. The zero-order valence-electron chi connectivity index (χ0n) is 5.58. The van der Waals surface area contributed by atoms with Crippen molar-refractivity contribution in [1.29, 1.82) is 0 Å². The van der Waals surface area contributed by atoms with Gasteiger partial charge in [0, 0.05) is 0 Å². The first-order valence-electron chi connectivity index (χ1n) is 2.93. The third kappa shape index (κ3) is 2.93. The molecule has 0 aromatic heterocycles. The van der Waals surface area contributed by atoms with E-state index in [0.29, 0.717) is 11.3 Å². The van der Waals surface area contributed by atoms with Crippen LogP contribution in [0.3, 0.4) is 0 Å². The SMILES string of the molecule is NC(=O)c1ccccc1OI.[NaH]. The Hall–Kier alpha value is 0.220. The minimum absolute atomic E-state index is 0. The number of rotatable bonds is 2. The number of amides is 1. The predicted molar refractivity (Wildman–Crippen MR) is 56.8 cm³/mol. The molecule has 5 heteroatoms. The van der Waals surface area contributed by atoms with Crippen LogP contribution < -0.4 is 8.80 Å². The molecular formula is C7H7INNaO2. The number of para-hydroxylation sites is 1. The second-order valence-corrected chi connectivity index (χ2v) is 2.38. The maximum absolute atomic E-state index is 10.7. The number of nitrogens with two attached hydrogens (primary N) is 1. The van der Waals surface area contributed by atoms with Gasteiger partial charge in [-0.05, 0) is 12.1 Å². The van der Waals surface area contributed by atoms with Gasteiger partial charge in [0.1, 0.15) is 5.75 Å². The summed E-state index contributed by atoms with van der Waals surface area (Å²) in [5, 5.41) is 0. The van der Waals surface area contributed by atoms with Crippen molar-refractivity contribution in [2.24, 2.45) is 5.73 Å². The Morgan fingerprint density at radius 2 is 2.00 bits per heavy atom. The van der Waals surface area contributed by atoms with E-state index in [1.54, 1.807) is 47.3 Å². The van der Waals surface area contributed by atoms with Crippen molar-refractivity contribution < 1.29 is 7.86 Å². The standard InChI is InChI=1S/C7H6INO2.Na.H/c8-11-6-4-2-1-3-5(6)7(9)10;;/h1-4H,(H2,9,10);;. The van der Waals surface area contributed by atoms with Crippen LogP contribution in [0, 0.1) is 0 Å². The van der Waals surface area contributed by atoms with E-state index in [9.17, 15) is 4.79 Å². The Morgan fingerprint density at radius 1 is 1.42 bits per heavy atom. The van der Waals surface area contributed by atoms with E-state index in [1.807, 2.05) is 0 Å². The average Bonchev–Trinajstić information content (AvgIpc) is 2.04. The predicted octanol–water partition coefficient (Wildman–Crippen LogP) is 0.866. The molecule has 0 atom stereocenters. The summed E-state index contributed by atoms with van der Waals surface area (Å²) in [6.45, 7) is 0. The fourth-order valence-corrected chi connectivity index (χ4v) is 1.12. The minimum atomic E-state index is -0.475. The summed E-state index contributed by atoms with van der Waals surface area (Å²) in [4.78, 5) is 10.7. The fraction of sp³-hybridized carbons (Fsp3) is 0. The van der Waals surface area contributed by atoms with Crippen molar-refractivity contribution in [2.75, 3.05) is 0 Å². The van der Waals surface area contributed by atoms with E-state index in [1.165, 1.54) is 0 Å². The Balaban J connectivity index is 0.00000121. The van der Waals surface area contributed by atoms with Crippen LogP contribution in [0.1, 0.15) is 10.4 Å². The third-order valence-corrected chi connectivity index (χ3v) is 1.71. The quantitative estimate of drug-likeness (QED) is 0.648. The first-order valence-corrected chi connectivity index (χ1v) is 3.81. The molecule has 0 fully saturated rings. The van der Waals surface area contributed by atoms with Crippen LogP contribution in [0.4, 0.5) is 0 Å². The van der Waals surface area contributed by atoms with Gasteiger partial charge in [0.2, 0.25) is 0 Å². The molecule has 0 aliphatic rings. The van der Waals surface area contributed by atoms with Gasteiger partial charge in [-0.3, -0.25) is 4.79 Å². The molecule has 0 heterocycles. The van der Waals surface area contributed by atoms with Crippen LogP contribution in [-0.4, -0.2) is 35.5 Å². The molecule has 1 aromatic carbocycles. The first kappa shape index (κ1) is 12.2. The molecule has 0 radical (unpaired) electrons. The van der Waals surface area contributed by atoms with E-state index < -0.39 is 5.91 Å². The summed E-state index contributed by atoms with van der Waals surface area (Å²) in [6, 6.07) is 6.82. The van der Waals surface area contributed by atoms with E-state index >= 15 is 0 Å². The zero-order chi connectivity index (χ0) is 8.27. The summed E-state index contributed by atoms with van der Waals surface area (Å²) in [7, 11) is 0. The van der Waals surface area contributed by atoms with Crippen LogP contribution in [0.25, 0.3) is 0 Å². The van der Waals surface area contributed by atoms with Crippen LogP contribution in [-0.2, 0) is 0 Å². The van der Waals surface area contributed by atoms with Gasteiger partial charge in [0.15, 0.2) is 23.0 Å². The number of halogens is 1. The molecule has 3 nitrogen and oxygen atoms in total. The maximum atomic E-state index is 10.7. The number of carbonyl (C=O) groups excluding carboxylic acids is 1. The summed E-state index contributed by atoms with van der Waals surface area (Å²) in [6.07, 6.45) is 0. The van der Waals surface area contributed by atoms with Crippen molar-refractivity contribution in [3.63, 3.8) is 0 Å². The van der Waals surface area contributed by atoms with Crippen molar-refractivity contribution in [3.8, 4) is 5.75 Å². The Morgan fingerprint density at radius 3 is 2.42 bits per heavy atom. The molecular weight excluding hydrogens is 280 g/mol. The van der Waals surface area contributed by atoms with Gasteiger partial charge in [-0.1, -0.05) is 12.1 Å². The zero-order valence-corrected chi connectivity index (χ0v) is 7.74. The summed E-state index contributed by atoms with van der Waals surface area (Å²) in [5.41, 5.74) is 5.47. The molecule has 0 spiro atoms. The fourth-order valence-electron chi connectivity index (χ4n) is 0.737. The van der Waals surface area contributed by atoms with E-state index in [0.717, 1.165) is 0 Å². The molecule has 2 N–H and O–H groups in total. The number of hydrogen-bond acceptors (Lipinski definition) is 2. The van der Waals surface area contributed by atoms with Crippen LogP contribution in [0.5, 0.6) is 5.75 Å². The van der Waals surface area contributed by atoms with Crippen molar-refractivity contribution in [2.45, 2.75) is 0 Å². The van der Waals surface area contributed by atoms with Crippen LogP contribution in [0.2, 0.25) is 0 Å². The van der Waals surface area contributed by atoms with Gasteiger partial charge in [-0.25, -0.2) is 0 Å². The molecule has 1 rings (SSSR count). The van der Waals surface area contributed by atoms with Gasteiger partial charge in [-0.2, -0.15) is 0 Å². The molecule has 12 heavy (non-hydrogen) atoms. The molecule has 0 saturated carbocycles. The van der Waals surface area contributed by atoms with E-state index in [-0.39, 0.29) is 29.6 Å². The average molecular weight is 287 g/mol. The van der Waals surface area contributed by atoms with Crippen molar-refractivity contribution in [1.82, 2.24) is 0 Å². The molecule has 1 aromatic rings. The van der Waals surface area contributed by atoms with E-state index in [2.05, 4.69) is 0 Å². The third-order valence-electron chi connectivity index (χ3n) is 1.24. The molecule has 0 aliphatic heterocycles. The van der Waals surface area contributed by atoms with Gasteiger partial charge >= 0.3 is 29.6 Å². The van der Waals surface area contributed by atoms with Crippen molar-refractivity contribution >= 4 is 58.5 Å². The van der Waals surface area contributed by atoms with Gasteiger partial charge in [-0.15, -0.1) is 0 Å². The molecule has 0 saturated heterocycles. The molecule has 0 unspecified atom stereocenters. The van der Waals surface area contributed by atoms with Gasteiger partial charge < -0.3 is 8.80 Å². The second kappa shape index (κ2) is 5.80. The number of carbonyl (C=O) groups is 1. The molecule has 60 valence electrons. The number of hydrogen-bond donors (Lipinski definition) is 1. The number of benzene rings is 1. The normalized spacial score (nSPS) is 8.42. The first-order chi connectivity index (χ1) is 5.25. The Kier molecular flexibility index (Phi) is 5.90. The molecule has 1 amide bonds. The van der Waals surface area contributed by atoms with Gasteiger partial charge in [0.25, 0.3) is 5.91 Å². The second-order valence-electron chi connectivity index (χ2n) is 1.94. The topological polar surface area (TPSA) is 52.3 Å². The summed E-state index contributed by atoms with van der Waals surface area (Å²) >= 11 is 1.70. The van der Waals surface area contributed by atoms with Crippen LogP contribution >= 0.6 is 23.0 Å². The van der Waals surface area contributed by atoms with E-state index in [4.69, 9.17) is 8.80 Å². The Labute approximate surface area is 107 Å². The Bertz CT molecular complexity index is 280. The summed E-state index contributed by atoms with van der Waals surface area (Å²) in [5.74, 6) is 0.0258.